The first kappa shape index (κ1) is 26.9. The van der Waals surface area contributed by atoms with Crippen molar-refractivity contribution in [2.24, 2.45) is 4.99 Å². The minimum atomic E-state index is -0.726. The molecular weight excluding hydrogens is 555 g/mol. The molecule has 0 amide bonds. The molecule has 0 saturated carbocycles. The number of ether oxygens (including phenoxy) is 2. The van der Waals surface area contributed by atoms with Crippen molar-refractivity contribution in [1.82, 2.24) is 4.57 Å². The molecule has 0 radical (unpaired) electrons. The van der Waals surface area contributed by atoms with E-state index in [1.54, 1.807) is 35.8 Å². The molecule has 2 heterocycles. The first-order valence-corrected chi connectivity index (χ1v) is 13.8. The third kappa shape index (κ3) is 5.71. The van der Waals surface area contributed by atoms with Crippen LogP contribution in [0, 0.1) is 0 Å². The van der Waals surface area contributed by atoms with Crippen molar-refractivity contribution in [3.05, 3.63) is 130 Å². The third-order valence-electron chi connectivity index (χ3n) is 6.20. The number of fused-ring (bicyclic) bond motifs is 1. The van der Waals surface area contributed by atoms with Crippen LogP contribution in [0.3, 0.4) is 0 Å². The van der Waals surface area contributed by atoms with Gasteiger partial charge in [-0.1, -0.05) is 83.1 Å². The van der Waals surface area contributed by atoms with E-state index >= 15 is 0 Å². The van der Waals surface area contributed by atoms with E-state index in [9.17, 15) is 9.59 Å². The van der Waals surface area contributed by atoms with Crippen LogP contribution in [0.1, 0.15) is 36.6 Å². The summed E-state index contributed by atoms with van der Waals surface area (Å²) in [5, 5.41) is 0.824. The lowest BCUT2D eigenvalue weighted by Crippen LogP contribution is -2.39. The summed E-state index contributed by atoms with van der Waals surface area (Å²) in [7, 11) is 0. The maximum Gasteiger partial charge on any atom is 0.338 e. The second kappa shape index (κ2) is 11.6. The lowest BCUT2D eigenvalue weighted by Gasteiger charge is -2.25. The van der Waals surface area contributed by atoms with E-state index in [4.69, 9.17) is 32.7 Å². The molecule has 6 nitrogen and oxygen atoms in total. The Morgan fingerprint density at radius 2 is 1.79 bits per heavy atom. The predicted octanol–water partition coefficient (Wildman–Crippen LogP) is 5.68. The van der Waals surface area contributed by atoms with E-state index in [-0.39, 0.29) is 12.2 Å². The molecule has 1 aromatic heterocycles. The number of halogens is 2. The summed E-state index contributed by atoms with van der Waals surface area (Å²) in [5.74, 6) is 0.167. The number of thiazole rings is 1. The average molecular weight is 580 g/mol. The predicted molar refractivity (Wildman–Crippen MR) is 154 cm³/mol. The van der Waals surface area contributed by atoms with Gasteiger partial charge in [0.1, 0.15) is 12.4 Å². The number of aromatic nitrogens is 1. The van der Waals surface area contributed by atoms with Gasteiger partial charge < -0.3 is 9.47 Å². The molecule has 198 valence electrons. The van der Waals surface area contributed by atoms with Gasteiger partial charge >= 0.3 is 5.97 Å². The van der Waals surface area contributed by atoms with E-state index in [1.165, 1.54) is 11.3 Å². The highest BCUT2D eigenvalue weighted by atomic mass is 35.5. The van der Waals surface area contributed by atoms with Gasteiger partial charge in [-0.25, -0.2) is 9.79 Å². The molecule has 0 aliphatic carbocycles. The van der Waals surface area contributed by atoms with Crippen LogP contribution in [0.2, 0.25) is 10.0 Å². The molecule has 1 atom stereocenters. The first-order chi connectivity index (χ1) is 18.9. The minimum absolute atomic E-state index is 0.105. The average Bonchev–Trinajstić information content (AvgIpc) is 3.24. The van der Waals surface area contributed by atoms with Gasteiger partial charge in [-0.2, -0.15) is 0 Å². The molecule has 0 fully saturated rings. The molecule has 9 heteroatoms. The maximum atomic E-state index is 13.8. The Kier molecular flexibility index (Phi) is 8.02. The van der Waals surface area contributed by atoms with Crippen LogP contribution in [-0.4, -0.2) is 17.1 Å². The van der Waals surface area contributed by atoms with Crippen molar-refractivity contribution in [2.75, 3.05) is 6.61 Å². The summed E-state index contributed by atoms with van der Waals surface area (Å²) in [6, 6.07) is 21.2. The zero-order valence-electron chi connectivity index (χ0n) is 21.2. The molecule has 0 bridgehead atoms. The number of rotatable bonds is 7. The van der Waals surface area contributed by atoms with E-state index in [2.05, 4.69) is 4.99 Å². The van der Waals surface area contributed by atoms with Crippen LogP contribution in [-0.2, 0) is 16.1 Å². The van der Waals surface area contributed by atoms with E-state index in [1.807, 2.05) is 61.5 Å². The number of hydrogen-bond donors (Lipinski definition) is 0. The molecule has 5 rings (SSSR count). The highest BCUT2D eigenvalue weighted by molar-refractivity contribution is 7.07. The number of benzene rings is 3. The fraction of sp³-hybridized carbons (Fsp3) is 0.167. The zero-order chi connectivity index (χ0) is 27.5. The zero-order valence-corrected chi connectivity index (χ0v) is 23.5. The van der Waals surface area contributed by atoms with Crippen LogP contribution >= 0.6 is 34.5 Å². The van der Waals surface area contributed by atoms with Gasteiger partial charge in [0.15, 0.2) is 4.80 Å². The van der Waals surface area contributed by atoms with Crippen molar-refractivity contribution in [1.29, 1.82) is 0 Å². The number of allylic oxidation sites excluding steroid dienone is 1. The van der Waals surface area contributed by atoms with E-state index in [0.29, 0.717) is 43.0 Å². The molecule has 3 aromatic carbocycles. The van der Waals surface area contributed by atoms with Crippen LogP contribution < -0.4 is 19.6 Å². The van der Waals surface area contributed by atoms with Gasteiger partial charge in [0.05, 0.1) is 38.5 Å². The molecule has 4 aromatic rings. The maximum absolute atomic E-state index is 13.8. The summed E-state index contributed by atoms with van der Waals surface area (Å²) in [4.78, 5) is 32.4. The standard InChI is InChI=1S/C30H24Cl2N2O4S/c1-3-37-22-12-10-21(11-13-22)27-26(29(36)38-17-19-7-5-4-6-8-19)18(2)33-30-34(27)28(35)25(39-30)16-20-9-14-23(31)24(32)15-20/h4-16,27H,3,17H2,1-2H3/b25-16-/t27-/m0/s1. The van der Waals surface area contributed by atoms with Crippen molar-refractivity contribution < 1.29 is 14.3 Å². The third-order valence-corrected chi connectivity index (χ3v) is 7.92. The molecule has 0 N–H and O–H groups in total. The number of esters is 1. The molecule has 39 heavy (non-hydrogen) atoms. The smallest absolute Gasteiger partial charge is 0.338 e. The minimum Gasteiger partial charge on any atom is -0.494 e. The van der Waals surface area contributed by atoms with Gasteiger partial charge in [-0.3, -0.25) is 9.36 Å². The van der Waals surface area contributed by atoms with Crippen molar-refractivity contribution in [2.45, 2.75) is 26.5 Å². The quantitative estimate of drug-likeness (QED) is 0.264. The monoisotopic (exact) mass is 578 g/mol. The van der Waals surface area contributed by atoms with Gasteiger partial charge in [-0.15, -0.1) is 0 Å². The highest BCUT2D eigenvalue weighted by Gasteiger charge is 2.33. The normalized spacial score (nSPS) is 15.1. The highest BCUT2D eigenvalue weighted by Crippen LogP contribution is 2.32. The van der Waals surface area contributed by atoms with Crippen molar-refractivity contribution in [3.63, 3.8) is 0 Å². The number of carbonyl (C=O) groups excluding carboxylic acids is 1. The Morgan fingerprint density at radius 3 is 2.49 bits per heavy atom. The Bertz CT molecular complexity index is 1740. The summed E-state index contributed by atoms with van der Waals surface area (Å²) < 4.78 is 13.3. The molecule has 0 spiro atoms. The largest absolute Gasteiger partial charge is 0.494 e. The Morgan fingerprint density at radius 1 is 1.05 bits per heavy atom. The second-order valence-corrected chi connectivity index (χ2v) is 10.6. The van der Waals surface area contributed by atoms with Gasteiger partial charge in [0.25, 0.3) is 5.56 Å². The first-order valence-electron chi connectivity index (χ1n) is 12.3. The lowest BCUT2D eigenvalue weighted by molar-refractivity contribution is -0.140. The summed E-state index contributed by atoms with van der Waals surface area (Å²) >= 11 is 13.5. The lowest BCUT2D eigenvalue weighted by atomic mass is 9.96. The number of carbonyl (C=O) groups is 1. The molecule has 1 aliphatic rings. The fourth-order valence-corrected chi connectivity index (χ4v) is 5.72. The topological polar surface area (TPSA) is 69.9 Å². The summed E-state index contributed by atoms with van der Waals surface area (Å²) in [6.07, 6.45) is 1.74. The van der Waals surface area contributed by atoms with E-state index < -0.39 is 12.0 Å². The van der Waals surface area contributed by atoms with Crippen LogP contribution in [0.25, 0.3) is 6.08 Å². The van der Waals surface area contributed by atoms with Crippen LogP contribution in [0.15, 0.2) is 93.9 Å². The molecular formula is C30H24Cl2N2O4S. The van der Waals surface area contributed by atoms with Crippen molar-refractivity contribution >= 4 is 46.6 Å². The van der Waals surface area contributed by atoms with E-state index in [0.717, 1.165) is 16.7 Å². The Hall–Kier alpha value is -3.65. The van der Waals surface area contributed by atoms with Gasteiger partial charge in [-0.05, 0) is 60.9 Å². The SMILES string of the molecule is CCOc1ccc([C@H]2C(C(=O)OCc3ccccc3)=C(C)N=c3s/c(=C\c4ccc(Cl)c(Cl)c4)c(=O)n32)cc1. The molecule has 0 saturated heterocycles. The Labute approximate surface area is 239 Å². The summed E-state index contributed by atoms with van der Waals surface area (Å²) in [6.45, 7) is 4.30. The van der Waals surface area contributed by atoms with Gasteiger partial charge in [0, 0.05) is 0 Å². The molecule has 1 aliphatic heterocycles. The van der Waals surface area contributed by atoms with Crippen molar-refractivity contribution in [3.8, 4) is 5.75 Å². The number of nitrogens with zero attached hydrogens (tertiary/aromatic N) is 2. The Balaban J connectivity index is 1.61. The van der Waals surface area contributed by atoms with Gasteiger partial charge in [0.2, 0.25) is 0 Å². The number of hydrogen-bond acceptors (Lipinski definition) is 6. The fourth-order valence-electron chi connectivity index (χ4n) is 4.37. The van der Waals surface area contributed by atoms with Crippen LogP contribution in [0.5, 0.6) is 5.75 Å². The molecule has 0 unspecified atom stereocenters. The summed E-state index contributed by atoms with van der Waals surface area (Å²) in [5.41, 5.74) is 2.86. The van der Waals surface area contributed by atoms with Crippen LogP contribution in [0.4, 0.5) is 0 Å². The second-order valence-electron chi connectivity index (χ2n) is 8.82.